The Labute approximate surface area is 95.4 Å². The molecular weight excluding hydrogens is 212 g/mol. The van der Waals surface area contributed by atoms with Gasteiger partial charge in [0.05, 0.1) is 12.6 Å². The molecule has 0 rings (SSSR count). The van der Waals surface area contributed by atoms with Crippen LogP contribution < -0.4 is 10.6 Å². The van der Waals surface area contributed by atoms with Gasteiger partial charge < -0.3 is 15.2 Å². The van der Waals surface area contributed by atoms with Crippen molar-refractivity contribution in [1.82, 2.24) is 10.6 Å². The van der Waals surface area contributed by atoms with E-state index >= 15 is 0 Å². The molecule has 6 heteroatoms. The fraction of sp³-hybridized carbons (Fsp3) is 0.800. The van der Waals surface area contributed by atoms with Gasteiger partial charge in [0.15, 0.2) is 0 Å². The molecule has 16 heavy (non-hydrogen) atoms. The van der Waals surface area contributed by atoms with Crippen molar-refractivity contribution in [3.63, 3.8) is 0 Å². The predicted molar refractivity (Wildman–Crippen MR) is 59.2 cm³/mol. The minimum atomic E-state index is -1.13. The molecule has 0 spiro atoms. The molecule has 0 saturated carbocycles. The quantitative estimate of drug-likeness (QED) is 0.519. The molecule has 94 valence electrons. The highest BCUT2D eigenvalue weighted by Crippen LogP contribution is 2.03. The summed E-state index contributed by atoms with van der Waals surface area (Å²) in [6, 6.07) is -0.567. The van der Waals surface area contributed by atoms with Gasteiger partial charge in [0.2, 0.25) is 5.91 Å². The summed E-state index contributed by atoms with van der Waals surface area (Å²) >= 11 is 0. The molecule has 0 aromatic rings. The summed E-state index contributed by atoms with van der Waals surface area (Å²) in [6.45, 7) is 5.48. The largest absolute Gasteiger partial charge is 0.480 e. The van der Waals surface area contributed by atoms with Crippen molar-refractivity contribution >= 4 is 11.9 Å². The Morgan fingerprint density at radius 2 is 2.00 bits per heavy atom. The molecule has 0 aliphatic carbocycles. The number of ether oxygens (including phenoxy) is 1. The Kier molecular flexibility index (Phi) is 5.98. The number of carbonyl (C=O) groups excluding carboxylic acids is 1. The third-order valence-electron chi connectivity index (χ3n) is 2.11. The van der Waals surface area contributed by atoms with Crippen LogP contribution in [-0.2, 0) is 14.3 Å². The summed E-state index contributed by atoms with van der Waals surface area (Å²) in [5, 5.41) is 14.2. The fourth-order valence-electron chi connectivity index (χ4n) is 1.10. The third kappa shape index (κ3) is 5.09. The van der Waals surface area contributed by atoms with Crippen LogP contribution >= 0.6 is 0 Å². The second kappa shape index (κ2) is 6.44. The van der Waals surface area contributed by atoms with Gasteiger partial charge >= 0.3 is 5.97 Å². The molecule has 0 aliphatic heterocycles. The number of hydrogen-bond acceptors (Lipinski definition) is 4. The summed E-state index contributed by atoms with van der Waals surface area (Å²) in [5.74, 6) is -1.24. The maximum atomic E-state index is 11.5. The first-order valence-electron chi connectivity index (χ1n) is 5.09. The minimum Gasteiger partial charge on any atom is -0.480 e. The topological polar surface area (TPSA) is 87.7 Å². The number of amides is 1. The maximum Gasteiger partial charge on any atom is 0.323 e. The van der Waals surface area contributed by atoms with Gasteiger partial charge in [0.25, 0.3) is 0 Å². The molecular formula is C10H20N2O4. The lowest BCUT2D eigenvalue weighted by Gasteiger charge is -2.25. The van der Waals surface area contributed by atoms with Crippen molar-refractivity contribution in [2.24, 2.45) is 0 Å². The van der Waals surface area contributed by atoms with Gasteiger partial charge in [-0.2, -0.15) is 0 Å². The summed E-state index contributed by atoms with van der Waals surface area (Å²) in [7, 11) is 1.54. The van der Waals surface area contributed by atoms with Crippen LogP contribution in [0.2, 0.25) is 0 Å². The number of methoxy groups -OCH3 is 1. The van der Waals surface area contributed by atoms with Crippen LogP contribution in [-0.4, -0.2) is 48.8 Å². The molecule has 0 heterocycles. The normalized spacial score (nSPS) is 13.2. The first-order chi connectivity index (χ1) is 7.31. The monoisotopic (exact) mass is 232 g/mol. The molecule has 0 bridgehead atoms. The Bertz CT molecular complexity index is 253. The molecule has 1 amide bonds. The molecule has 6 nitrogen and oxygen atoms in total. The third-order valence-corrected chi connectivity index (χ3v) is 2.11. The molecule has 0 radical (unpaired) electrons. The van der Waals surface area contributed by atoms with Gasteiger partial charge in [-0.05, 0) is 20.8 Å². The van der Waals surface area contributed by atoms with Crippen LogP contribution in [0.5, 0.6) is 0 Å². The van der Waals surface area contributed by atoms with Gasteiger partial charge in [0.1, 0.15) is 5.54 Å². The molecule has 1 atom stereocenters. The van der Waals surface area contributed by atoms with Crippen molar-refractivity contribution in [2.45, 2.75) is 32.4 Å². The minimum absolute atomic E-state index is 0.244. The van der Waals surface area contributed by atoms with E-state index in [0.29, 0.717) is 13.2 Å². The highest BCUT2D eigenvalue weighted by atomic mass is 16.5. The van der Waals surface area contributed by atoms with E-state index in [1.54, 1.807) is 14.0 Å². The highest BCUT2D eigenvalue weighted by Gasteiger charge is 2.30. The SMILES string of the molecule is COCCNC(=O)C(C)NC(C)(C)C(=O)O. The molecule has 0 fully saturated rings. The number of rotatable bonds is 7. The first-order valence-corrected chi connectivity index (χ1v) is 5.09. The van der Waals surface area contributed by atoms with Crippen LogP contribution in [0.15, 0.2) is 0 Å². The van der Waals surface area contributed by atoms with Crippen molar-refractivity contribution in [1.29, 1.82) is 0 Å². The van der Waals surface area contributed by atoms with Crippen LogP contribution in [0.4, 0.5) is 0 Å². The lowest BCUT2D eigenvalue weighted by molar-refractivity contribution is -0.144. The lowest BCUT2D eigenvalue weighted by atomic mass is 10.0. The predicted octanol–water partition coefficient (Wildman–Crippen LogP) is -0.410. The Balaban J connectivity index is 4.10. The van der Waals surface area contributed by atoms with Crippen molar-refractivity contribution < 1.29 is 19.4 Å². The zero-order chi connectivity index (χ0) is 12.8. The number of carboxylic acids is 1. The number of hydrogen-bond donors (Lipinski definition) is 3. The van der Waals surface area contributed by atoms with E-state index in [1.807, 2.05) is 0 Å². The molecule has 0 aromatic carbocycles. The van der Waals surface area contributed by atoms with Crippen molar-refractivity contribution in [2.75, 3.05) is 20.3 Å². The molecule has 0 aliphatic rings. The summed E-state index contributed by atoms with van der Waals surface area (Å²) in [4.78, 5) is 22.3. The number of nitrogens with one attached hydrogen (secondary N) is 2. The van der Waals surface area contributed by atoms with E-state index < -0.39 is 17.6 Å². The van der Waals surface area contributed by atoms with Crippen LogP contribution in [0.3, 0.4) is 0 Å². The van der Waals surface area contributed by atoms with Gasteiger partial charge in [-0.1, -0.05) is 0 Å². The van der Waals surface area contributed by atoms with E-state index in [-0.39, 0.29) is 5.91 Å². The Hall–Kier alpha value is -1.14. The maximum absolute atomic E-state index is 11.5. The average Bonchev–Trinajstić information content (AvgIpc) is 2.17. The smallest absolute Gasteiger partial charge is 0.323 e. The molecule has 0 saturated heterocycles. The zero-order valence-corrected chi connectivity index (χ0v) is 10.2. The fourth-order valence-corrected chi connectivity index (χ4v) is 1.10. The second-order valence-corrected chi connectivity index (χ2v) is 4.08. The van der Waals surface area contributed by atoms with E-state index in [2.05, 4.69) is 10.6 Å². The van der Waals surface area contributed by atoms with Crippen molar-refractivity contribution in [3.05, 3.63) is 0 Å². The van der Waals surface area contributed by atoms with E-state index in [1.165, 1.54) is 13.8 Å². The van der Waals surface area contributed by atoms with Gasteiger partial charge in [-0.15, -0.1) is 0 Å². The van der Waals surface area contributed by atoms with Gasteiger partial charge in [-0.3, -0.25) is 14.9 Å². The summed E-state index contributed by atoms with van der Waals surface area (Å²) in [6.07, 6.45) is 0. The Morgan fingerprint density at radius 1 is 1.44 bits per heavy atom. The van der Waals surface area contributed by atoms with Gasteiger partial charge in [0, 0.05) is 13.7 Å². The summed E-state index contributed by atoms with van der Waals surface area (Å²) in [5.41, 5.74) is -1.13. The van der Waals surface area contributed by atoms with Crippen molar-refractivity contribution in [3.8, 4) is 0 Å². The number of aliphatic carboxylic acids is 1. The standard InChI is InChI=1S/C10H20N2O4/c1-7(8(13)11-5-6-16-4)12-10(2,3)9(14)15/h7,12H,5-6H2,1-4H3,(H,11,13)(H,14,15). The van der Waals surface area contributed by atoms with E-state index in [9.17, 15) is 9.59 Å². The second-order valence-electron chi connectivity index (χ2n) is 4.08. The van der Waals surface area contributed by atoms with E-state index in [0.717, 1.165) is 0 Å². The van der Waals surface area contributed by atoms with Crippen LogP contribution in [0, 0.1) is 0 Å². The highest BCUT2D eigenvalue weighted by molar-refractivity contribution is 5.83. The summed E-state index contributed by atoms with van der Waals surface area (Å²) < 4.78 is 4.78. The van der Waals surface area contributed by atoms with E-state index in [4.69, 9.17) is 9.84 Å². The first kappa shape index (κ1) is 14.9. The van der Waals surface area contributed by atoms with Crippen LogP contribution in [0.1, 0.15) is 20.8 Å². The molecule has 0 aromatic heterocycles. The zero-order valence-electron chi connectivity index (χ0n) is 10.2. The number of carboxylic acid groups (broad SMARTS) is 1. The van der Waals surface area contributed by atoms with Gasteiger partial charge in [-0.25, -0.2) is 0 Å². The van der Waals surface area contributed by atoms with Crippen LogP contribution in [0.25, 0.3) is 0 Å². The lowest BCUT2D eigenvalue weighted by Crippen LogP contribution is -2.55. The average molecular weight is 232 g/mol. The number of carbonyl (C=O) groups is 2. The Morgan fingerprint density at radius 3 is 2.44 bits per heavy atom. The molecule has 3 N–H and O–H groups in total. The molecule has 1 unspecified atom stereocenters.